The van der Waals surface area contributed by atoms with Crippen molar-refractivity contribution in [2.24, 2.45) is 0 Å². The largest absolute Gasteiger partial charge is 1.00 e. The SMILES string of the molecule is Cc1cc(C)cc(-n2c(=O)cc([O-])[nH]c2=O)c1.[K+]. The van der Waals surface area contributed by atoms with Crippen molar-refractivity contribution in [2.75, 3.05) is 0 Å². The van der Waals surface area contributed by atoms with Gasteiger partial charge in [-0.25, -0.2) is 9.36 Å². The Labute approximate surface area is 146 Å². The van der Waals surface area contributed by atoms with Crippen LogP contribution in [0.4, 0.5) is 0 Å². The van der Waals surface area contributed by atoms with Gasteiger partial charge in [-0.05, 0) is 43.0 Å². The molecule has 0 radical (unpaired) electrons. The minimum absolute atomic E-state index is 0. The maximum atomic E-state index is 11.6. The molecule has 0 atom stereocenters. The molecule has 0 fully saturated rings. The van der Waals surface area contributed by atoms with Crippen LogP contribution in [-0.4, -0.2) is 9.55 Å². The first kappa shape index (κ1) is 15.4. The number of nitrogens with one attached hydrogen (secondary N) is 1. The summed E-state index contributed by atoms with van der Waals surface area (Å²) in [4.78, 5) is 25.3. The van der Waals surface area contributed by atoms with E-state index in [0.717, 1.165) is 21.8 Å². The van der Waals surface area contributed by atoms with Crippen molar-refractivity contribution in [2.45, 2.75) is 13.8 Å². The zero-order chi connectivity index (χ0) is 12.6. The Hall–Kier alpha value is -0.664. The van der Waals surface area contributed by atoms with Gasteiger partial charge in [0.1, 0.15) is 0 Å². The van der Waals surface area contributed by atoms with E-state index in [1.54, 1.807) is 12.1 Å². The molecular formula is C12H11KN2O3. The molecule has 0 aliphatic carbocycles. The van der Waals surface area contributed by atoms with Crippen LogP contribution in [0.2, 0.25) is 0 Å². The molecule has 88 valence electrons. The first-order chi connectivity index (χ1) is 7.97. The van der Waals surface area contributed by atoms with Crippen LogP contribution >= 0.6 is 0 Å². The molecule has 1 N–H and O–H groups in total. The summed E-state index contributed by atoms with van der Waals surface area (Å²) in [5.74, 6) is -0.680. The van der Waals surface area contributed by atoms with Crippen molar-refractivity contribution >= 4 is 0 Å². The predicted molar refractivity (Wildman–Crippen MR) is 61.6 cm³/mol. The molecule has 1 heterocycles. The fourth-order valence-electron chi connectivity index (χ4n) is 1.80. The number of rotatable bonds is 1. The summed E-state index contributed by atoms with van der Waals surface area (Å²) in [6.45, 7) is 3.75. The van der Waals surface area contributed by atoms with Gasteiger partial charge in [-0.15, -0.1) is 0 Å². The van der Waals surface area contributed by atoms with Gasteiger partial charge < -0.3 is 10.1 Å². The van der Waals surface area contributed by atoms with Crippen LogP contribution in [0.3, 0.4) is 0 Å². The van der Waals surface area contributed by atoms with E-state index in [1.807, 2.05) is 19.9 Å². The fraction of sp³-hybridized carbons (Fsp3) is 0.167. The Morgan fingerprint density at radius 3 is 2.11 bits per heavy atom. The normalized spacial score (nSPS) is 9.89. The van der Waals surface area contributed by atoms with Crippen molar-refractivity contribution < 1.29 is 56.5 Å². The third kappa shape index (κ3) is 3.21. The number of nitrogens with zero attached hydrogens (tertiary/aromatic N) is 1. The molecule has 0 spiro atoms. The van der Waals surface area contributed by atoms with E-state index in [1.165, 1.54) is 0 Å². The van der Waals surface area contributed by atoms with Crippen molar-refractivity contribution in [3.05, 3.63) is 56.2 Å². The van der Waals surface area contributed by atoms with E-state index in [2.05, 4.69) is 4.98 Å². The summed E-state index contributed by atoms with van der Waals surface area (Å²) in [5, 5.41) is 11.0. The average Bonchev–Trinajstić information content (AvgIpc) is 2.13. The van der Waals surface area contributed by atoms with Gasteiger partial charge in [0.05, 0.1) is 5.69 Å². The van der Waals surface area contributed by atoms with Crippen LogP contribution in [0.1, 0.15) is 11.1 Å². The second-order valence-electron chi connectivity index (χ2n) is 3.96. The molecule has 0 aliphatic rings. The van der Waals surface area contributed by atoms with E-state index in [-0.39, 0.29) is 51.4 Å². The number of hydrogen-bond acceptors (Lipinski definition) is 3. The minimum atomic E-state index is -0.715. The maximum Gasteiger partial charge on any atom is 1.00 e. The van der Waals surface area contributed by atoms with Gasteiger partial charge in [0.15, 0.2) is 0 Å². The molecule has 1 aromatic carbocycles. The quantitative estimate of drug-likeness (QED) is 0.569. The van der Waals surface area contributed by atoms with Gasteiger partial charge >= 0.3 is 57.1 Å². The Balaban J connectivity index is 0.00000162. The van der Waals surface area contributed by atoms with E-state index in [4.69, 9.17) is 0 Å². The fourth-order valence-corrected chi connectivity index (χ4v) is 1.80. The van der Waals surface area contributed by atoms with E-state index in [0.29, 0.717) is 5.69 Å². The van der Waals surface area contributed by atoms with Crippen molar-refractivity contribution in [3.63, 3.8) is 0 Å². The van der Waals surface area contributed by atoms with Gasteiger partial charge in [-0.3, -0.25) is 4.79 Å². The molecular weight excluding hydrogens is 259 g/mol. The van der Waals surface area contributed by atoms with Gasteiger partial charge in [0, 0.05) is 6.07 Å². The predicted octanol–water partition coefficient (Wildman–Crippen LogP) is -2.78. The Morgan fingerprint density at radius 2 is 1.61 bits per heavy atom. The second-order valence-corrected chi connectivity index (χ2v) is 3.96. The van der Waals surface area contributed by atoms with Crippen molar-refractivity contribution in [3.8, 4) is 11.6 Å². The van der Waals surface area contributed by atoms with Crippen LogP contribution in [0, 0.1) is 13.8 Å². The smallest absolute Gasteiger partial charge is 0.860 e. The van der Waals surface area contributed by atoms with E-state index < -0.39 is 17.1 Å². The van der Waals surface area contributed by atoms with Crippen LogP contribution in [-0.2, 0) is 0 Å². The molecule has 6 heteroatoms. The zero-order valence-corrected chi connectivity index (χ0v) is 13.6. The molecule has 0 bridgehead atoms. The number of H-pyrrole nitrogens is 1. The number of aryl methyl sites for hydroxylation is 2. The zero-order valence-electron chi connectivity index (χ0n) is 10.5. The second kappa shape index (κ2) is 5.99. The molecule has 5 nitrogen and oxygen atoms in total. The Bertz CT molecular complexity index is 637. The van der Waals surface area contributed by atoms with Crippen molar-refractivity contribution in [1.29, 1.82) is 0 Å². The van der Waals surface area contributed by atoms with Gasteiger partial charge in [-0.2, -0.15) is 0 Å². The molecule has 0 unspecified atom stereocenters. The Morgan fingerprint density at radius 1 is 1.06 bits per heavy atom. The summed E-state index contributed by atoms with van der Waals surface area (Å²) in [7, 11) is 0. The monoisotopic (exact) mass is 270 g/mol. The first-order valence-corrected chi connectivity index (χ1v) is 5.09. The molecule has 2 rings (SSSR count). The summed E-state index contributed by atoms with van der Waals surface area (Å²) >= 11 is 0. The van der Waals surface area contributed by atoms with Gasteiger partial charge in [-0.1, -0.05) is 6.07 Å². The standard InChI is InChI=1S/C12H12N2O3.K/c1-7-3-8(2)5-9(4-7)14-11(16)6-10(15)13-12(14)17;/h3-6,15H,1-2H3,(H,13,17);/q;+1/p-1. The first-order valence-electron chi connectivity index (χ1n) is 5.09. The van der Waals surface area contributed by atoms with Gasteiger partial charge in [0.2, 0.25) is 0 Å². The maximum absolute atomic E-state index is 11.6. The van der Waals surface area contributed by atoms with Crippen LogP contribution in [0.25, 0.3) is 5.69 Å². The third-order valence-corrected chi connectivity index (χ3v) is 2.37. The number of benzene rings is 1. The van der Waals surface area contributed by atoms with Crippen molar-refractivity contribution in [1.82, 2.24) is 9.55 Å². The average molecular weight is 270 g/mol. The van der Waals surface area contributed by atoms with Crippen LogP contribution in [0.15, 0.2) is 33.9 Å². The molecule has 0 amide bonds. The van der Waals surface area contributed by atoms with E-state index >= 15 is 0 Å². The number of aromatic amines is 1. The number of hydrogen-bond donors (Lipinski definition) is 1. The summed E-state index contributed by atoms with van der Waals surface area (Å²) < 4.78 is 0.946. The summed E-state index contributed by atoms with van der Waals surface area (Å²) in [6.07, 6.45) is 0. The molecule has 0 saturated carbocycles. The Kier molecular flexibility index (Phi) is 5.12. The van der Waals surface area contributed by atoms with E-state index in [9.17, 15) is 14.7 Å². The molecule has 1 aromatic heterocycles. The van der Waals surface area contributed by atoms with Crippen LogP contribution < -0.4 is 67.7 Å². The number of aromatic nitrogens is 2. The van der Waals surface area contributed by atoms with Crippen LogP contribution in [0.5, 0.6) is 5.88 Å². The summed E-state index contributed by atoms with van der Waals surface area (Å²) in [6, 6.07) is 6.23. The minimum Gasteiger partial charge on any atom is -0.860 e. The molecule has 18 heavy (non-hydrogen) atoms. The topological polar surface area (TPSA) is 77.9 Å². The summed E-state index contributed by atoms with van der Waals surface area (Å²) in [5.41, 5.74) is 1.01. The third-order valence-electron chi connectivity index (χ3n) is 2.37. The molecule has 0 saturated heterocycles. The van der Waals surface area contributed by atoms with Gasteiger partial charge in [0.25, 0.3) is 5.56 Å². The molecule has 2 aromatic rings. The molecule has 0 aliphatic heterocycles.